The molecule has 0 bridgehead atoms. The van der Waals surface area contributed by atoms with Crippen LogP contribution < -0.4 is 10.3 Å². The maximum Gasteiger partial charge on any atom is 0.343 e. The maximum absolute atomic E-state index is 13.2. The van der Waals surface area contributed by atoms with Crippen LogP contribution in [-0.4, -0.2) is 53.1 Å². The normalized spacial score (nSPS) is 13.0. The number of benzene rings is 1. The first kappa shape index (κ1) is 25.2. The molecule has 0 fully saturated rings. The highest BCUT2D eigenvalue weighted by Crippen LogP contribution is 2.25. The summed E-state index contributed by atoms with van der Waals surface area (Å²) < 4.78 is 12.5. The van der Waals surface area contributed by atoms with E-state index in [1.165, 1.54) is 13.2 Å². The van der Waals surface area contributed by atoms with E-state index in [1.54, 1.807) is 21.9 Å². The van der Waals surface area contributed by atoms with Crippen LogP contribution in [0, 0.1) is 13.8 Å². The summed E-state index contributed by atoms with van der Waals surface area (Å²) in [7, 11) is 1.31. The van der Waals surface area contributed by atoms with E-state index in [-0.39, 0.29) is 29.3 Å². The van der Waals surface area contributed by atoms with Gasteiger partial charge in [0.05, 0.1) is 13.7 Å². The van der Waals surface area contributed by atoms with Crippen LogP contribution in [0.4, 0.5) is 0 Å². The fourth-order valence-corrected chi connectivity index (χ4v) is 4.68. The molecule has 1 aromatic carbocycles. The van der Waals surface area contributed by atoms with Gasteiger partial charge in [0.25, 0.3) is 11.5 Å². The number of hydrogen-bond acceptors (Lipinski definition) is 6. The van der Waals surface area contributed by atoms with E-state index in [4.69, 9.17) is 9.47 Å². The number of esters is 1. The molecule has 4 rings (SSSR count). The molecule has 188 valence electrons. The molecular weight excluding hydrogens is 458 g/mol. The minimum atomic E-state index is -0.558. The number of nitrogens with zero attached hydrogens (tertiary/aromatic N) is 3. The molecule has 0 spiro atoms. The number of carbonyl (C=O) groups excluding carboxylic acids is 2. The van der Waals surface area contributed by atoms with E-state index in [1.807, 2.05) is 44.2 Å². The molecule has 8 nitrogen and oxygen atoms in total. The lowest BCUT2D eigenvalue weighted by atomic mass is 10.1. The van der Waals surface area contributed by atoms with Gasteiger partial charge < -0.3 is 18.9 Å². The van der Waals surface area contributed by atoms with Gasteiger partial charge in [0.1, 0.15) is 11.3 Å². The lowest BCUT2D eigenvalue weighted by molar-refractivity contribution is 0.0593. The van der Waals surface area contributed by atoms with E-state index >= 15 is 0 Å². The highest BCUT2D eigenvalue weighted by molar-refractivity contribution is 5.95. The number of amides is 1. The zero-order valence-corrected chi connectivity index (χ0v) is 21.0. The van der Waals surface area contributed by atoms with Crippen LogP contribution in [0.25, 0.3) is 0 Å². The number of aryl methyl sites for hydroxylation is 3. The Kier molecular flexibility index (Phi) is 7.83. The molecule has 8 heteroatoms. The summed E-state index contributed by atoms with van der Waals surface area (Å²) in [5.74, 6) is -0.422. The monoisotopic (exact) mass is 489 g/mol. The number of carbonyl (C=O) groups is 2. The predicted molar refractivity (Wildman–Crippen MR) is 136 cm³/mol. The van der Waals surface area contributed by atoms with Gasteiger partial charge >= 0.3 is 5.97 Å². The molecule has 36 heavy (non-hydrogen) atoms. The van der Waals surface area contributed by atoms with Crippen molar-refractivity contribution in [3.63, 3.8) is 0 Å². The maximum atomic E-state index is 13.2. The minimum Gasteiger partial charge on any atom is -0.492 e. The average molecular weight is 490 g/mol. The number of ether oxygens (including phenoxy) is 2. The zero-order valence-electron chi connectivity index (χ0n) is 21.0. The molecule has 0 aliphatic carbocycles. The third kappa shape index (κ3) is 5.64. The Balaban J connectivity index is 1.55. The van der Waals surface area contributed by atoms with Crippen LogP contribution in [0.15, 0.2) is 53.6 Å². The molecule has 2 aromatic heterocycles. The molecule has 1 amide bonds. The third-order valence-electron chi connectivity index (χ3n) is 6.36. The fourth-order valence-electron chi connectivity index (χ4n) is 4.68. The summed E-state index contributed by atoms with van der Waals surface area (Å²) in [4.78, 5) is 44.8. The Hall–Kier alpha value is -3.94. The van der Waals surface area contributed by atoms with Crippen LogP contribution >= 0.6 is 0 Å². The van der Waals surface area contributed by atoms with Crippen molar-refractivity contribution in [3.05, 3.63) is 92.7 Å². The van der Waals surface area contributed by atoms with Crippen molar-refractivity contribution in [2.24, 2.45) is 0 Å². The molecule has 3 heterocycles. The second-order valence-electron chi connectivity index (χ2n) is 9.04. The van der Waals surface area contributed by atoms with Gasteiger partial charge in [-0.05, 0) is 56.5 Å². The molecule has 1 aliphatic heterocycles. The fraction of sp³-hybridized carbons (Fsp3) is 0.357. The van der Waals surface area contributed by atoms with Gasteiger partial charge in [0.2, 0.25) is 0 Å². The number of aromatic nitrogens is 2. The molecule has 0 atom stereocenters. The van der Waals surface area contributed by atoms with Crippen molar-refractivity contribution in [1.82, 2.24) is 14.5 Å². The molecule has 0 saturated carbocycles. The van der Waals surface area contributed by atoms with Crippen molar-refractivity contribution in [2.45, 2.75) is 39.7 Å². The van der Waals surface area contributed by atoms with Crippen molar-refractivity contribution in [1.29, 1.82) is 0 Å². The SMILES string of the molecule is COC(=O)c1c(OCCCc2ccncc2)cc(=O)n2c1CCN(C(=O)c1cc(C)cc(C)c1)CC2. The van der Waals surface area contributed by atoms with Crippen molar-refractivity contribution in [3.8, 4) is 5.75 Å². The molecule has 0 N–H and O–H groups in total. The van der Waals surface area contributed by atoms with Crippen LogP contribution in [0.3, 0.4) is 0 Å². The van der Waals surface area contributed by atoms with Gasteiger partial charge in [-0.15, -0.1) is 0 Å². The second kappa shape index (κ2) is 11.2. The van der Waals surface area contributed by atoms with Crippen LogP contribution in [0.2, 0.25) is 0 Å². The number of pyridine rings is 2. The first-order valence-electron chi connectivity index (χ1n) is 12.1. The Morgan fingerprint density at radius 2 is 1.72 bits per heavy atom. The van der Waals surface area contributed by atoms with E-state index in [9.17, 15) is 14.4 Å². The van der Waals surface area contributed by atoms with Gasteiger partial charge in [-0.25, -0.2) is 4.79 Å². The standard InChI is InChI=1S/C28H31N3O5/c1-19-15-20(2)17-22(16-19)27(33)30-11-8-23-26(28(34)35-3)24(18-25(32)31(23)13-12-30)36-14-4-5-21-6-9-29-10-7-21/h6-7,9-10,15-18H,4-5,8,11-14H2,1-3H3. The van der Waals surface area contributed by atoms with Gasteiger partial charge in [-0.3, -0.25) is 14.6 Å². The lowest BCUT2D eigenvalue weighted by Crippen LogP contribution is -2.34. The molecule has 0 unspecified atom stereocenters. The zero-order chi connectivity index (χ0) is 25.7. The van der Waals surface area contributed by atoms with Crippen molar-refractivity contribution in [2.75, 3.05) is 26.8 Å². The summed E-state index contributed by atoms with van der Waals surface area (Å²) in [6.45, 7) is 5.29. The molecule has 0 saturated heterocycles. The first-order valence-corrected chi connectivity index (χ1v) is 12.1. The molecular formula is C28H31N3O5. The summed E-state index contributed by atoms with van der Waals surface area (Å²) in [5.41, 5.74) is 4.32. The van der Waals surface area contributed by atoms with E-state index in [0.717, 1.165) is 23.1 Å². The van der Waals surface area contributed by atoms with E-state index in [0.29, 0.717) is 43.8 Å². The molecule has 0 radical (unpaired) electrons. The molecule has 3 aromatic rings. The Morgan fingerprint density at radius 3 is 2.42 bits per heavy atom. The quantitative estimate of drug-likeness (QED) is 0.373. The number of fused-ring (bicyclic) bond motifs is 1. The molecule has 1 aliphatic rings. The summed E-state index contributed by atoms with van der Waals surface area (Å²) in [6, 6.07) is 11.0. The topological polar surface area (TPSA) is 90.7 Å². The van der Waals surface area contributed by atoms with Crippen molar-refractivity contribution < 1.29 is 19.1 Å². The van der Waals surface area contributed by atoms with Crippen molar-refractivity contribution >= 4 is 11.9 Å². The van der Waals surface area contributed by atoms with E-state index < -0.39 is 5.97 Å². The van der Waals surface area contributed by atoms with Crippen LogP contribution in [0.5, 0.6) is 5.75 Å². The predicted octanol–water partition coefficient (Wildman–Crippen LogP) is 3.36. The smallest absolute Gasteiger partial charge is 0.343 e. The Morgan fingerprint density at radius 1 is 1.00 bits per heavy atom. The van der Waals surface area contributed by atoms with Gasteiger partial charge in [-0.1, -0.05) is 17.2 Å². The average Bonchev–Trinajstić information content (AvgIpc) is 3.09. The number of methoxy groups -OCH3 is 1. The highest BCUT2D eigenvalue weighted by atomic mass is 16.5. The van der Waals surface area contributed by atoms with Gasteiger partial charge in [0.15, 0.2) is 0 Å². The summed E-state index contributed by atoms with van der Waals surface area (Å²) >= 11 is 0. The number of hydrogen-bond donors (Lipinski definition) is 0. The minimum absolute atomic E-state index is 0.0881. The van der Waals surface area contributed by atoms with Gasteiger partial charge in [-0.2, -0.15) is 0 Å². The van der Waals surface area contributed by atoms with Gasteiger partial charge in [0, 0.05) is 55.8 Å². The first-order chi connectivity index (χ1) is 17.4. The largest absolute Gasteiger partial charge is 0.492 e. The Bertz CT molecular complexity index is 1300. The third-order valence-corrected chi connectivity index (χ3v) is 6.36. The summed E-state index contributed by atoms with van der Waals surface area (Å²) in [5, 5.41) is 0. The van der Waals surface area contributed by atoms with Crippen LogP contribution in [0.1, 0.15) is 49.5 Å². The summed E-state index contributed by atoms with van der Waals surface area (Å²) in [6.07, 6.45) is 5.32. The van der Waals surface area contributed by atoms with Crippen LogP contribution in [-0.2, 0) is 24.1 Å². The second-order valence-corrected chi connectivity index (χ2v) is 9.04. The number of rotatable bonds is 7. The lowest BCUT2D eigenvalue weighted by Gasteiger charge is -2.20. The van der Waals surface area contributed by atoms with E-state index in [2.05, 4.69) is 4.98 Å². The Labute approximate surface area is 210 Å². The highest BCUT2D eigenvalue weighted by Gasteiger charge is 2.27.